The fourth-order valence-electron chi connectivity index (χ4n) is 0.976. The summed E-state index contributed by atoms with van der Waals surface area (Å²) in [6.45, 7) is 2.34. The van der Waals surface area contributed by atoms with Crippen LogP contribution in [0.15, 0.2) is 0 Å². The van der Waals surface area contributed by atoms with Gasteiger partial charge in [-0.25, -0.2) is 13.1 Å². The van der Waals surface area contributed by atoms with Crippen molar-refractivity contribution in [1.29, 1.82) is 0 Å². The summed E-state index contributed by atoms with van der Waals surface area (Å²) in [5.41, 5.74) is 5.33. The summed E-state index contributed by atoms with van der Waals surface area (Å²) in [6.07, 6.45) is 1.15. The predicted octanol–water partition coefficient (Wildman–Crippen LogP) is -1.26. The highest BCUT2D eigenvalue weighted by atomic mass is 32.2. The van der Waals surface area contributed by atoms with Crippen molar-refractivity contribution in [3.63, 3.8) is 0 Å². The molecule has 8 heteroatoms. The van der Waals surface area contributed by atoms with Crippen molar-refractivity contribution in [2.24, 2.45) is 5.73 Å². The molecule has 1 unspecified atom stereocenters. The van der Waals surface area contributed by atoms with Crippen LogP contribution < -0.4 is 5.73 Å². The molecule has 0 spiro atoms. The van der Waals surface area contributed by atoms with Crippen LogP contribution in [0.4, 0.5) is 0 Å². The highest BCUT2D eigenvalue weighted by molar-refractivity contribution is 7.90. The van der Waals surface area contributed by atoms with Gasteiger partial charge in [0.2, 0.25) is 0 Å². The standard InChI is InChI=1S/C6H13N5O2S/c1-5(14(2,12)13)6-8-9-10-11(6)4-3-7/h5H,3-4,7H2,1-2H3. The molecule has 0 fully saturated rings. The first kappa shape index (κ1) is 11.1. The van der Waals surface area contributed by atoms with E-state index in [1.807, 2.05) is 0 Å². The molecule has 7 nitrogen and oxygen atoms in total. The number of aromatic nitrogens is 4. The largest absolute Gasteiger partial charge is 0.329 e. The monoisotopic (exact) mass is 219 g/mol. The second-order valence-corrected chi connectivity index (χ2v) is 5.39. The number of sulfone groups is 1. The Bertz CT molecular complexity index is 398. The number of nitrogens with zero attached hydrogens (tertiary/aromatic N) is 4. The smallest absolute Gasteiger partial charge is 0.169 e. The third-order valence-electron chi connectivity index (χ3n) is 1.91. The number of hydrogen-bond donors (Lipinski definition) is 1. The van der Waals surface area contributed by atoms with Gasteiger partial charge in [-0.2, -0.15) is 0 Å². The molecular formula is C6H13N5O2S. The van der Waals surface area contributed by atoms with E-state index in [9.17, 15) is 8.42 Å². The van der Waals surface area contributed by atoms with E-state index in [-0.39, 0.29) is 0 Å². The van der Waals surface area contributed by atoms with Crippen molar-refractivity contribution in [1.82, 2.24) is 20.2 Å². The molecule has 0 radical (unpaired) electrons. The summed E-state index contributed by atoms with van der Waals surface area (Å²) >= 11 is 0. The normalized spacial score (nSPS) is 14.2. The number of tetrazole rings is 1. The molecule has 1 heterocycles. The molecule has 1 rings (SSSR count). The molecule has 14 heavy (non-hydrogen) atoms. The molecule has 0 aliphatic rings. The molecule has 0 bridgehead atoms. The van der Waals surface area contributed by atoms with Crippen molar-refractivity contribution in [3.8, 4) is 0 Å². The Balaban J connectivity index is 3.01. The molecule has 0 aliphatic carbocycles. The van der Waals surface area contributed by atoms with Gasteiger partial charge in [0.25, 0.3) is 0 Å². The fourth-order valence-corrected chi connectivity index (χ4v) is 1.53. The van der Waals surface area contributed by atoms with Crippen LogP contribution in [0.2, 0.25) is 0 Å². The Morgan fingerprint density at radius 1 is 1.57 bits per heavy atom. The van der Waals surface area contributed by atoms with Crippen LogP contribution in [0.5, 0.6) is 0 Å². The zero-order chi connectivity index (χ0) is 10.8. The minimum absolute atomic E-state index is 0.331. The Labute approximate surface area is 82.2 Å². The lowest BCUT2D eigenvalue weighted by Gasteiger charge is -2.08. The average molecular weight is 219 g/mol. The molecule has 1 atom stereocenters. The zero-order valence-electron chi connectivity index (χ0n) is 8.08. The molecule has 0 saturated carbocycles. The summed E-state index contributed by atoms with van der Waals surface area (Å²) in [4.78, 5) is 0. The number of rotatable bonds is 4. The van der Waals surface area contributed by atoms with Gasteiger partial charge < -0.3 is 5.73 Å². The lowest BCUT2D eigenvalue weighted by Crippen LogP contribution is -2.18. The van der Waals surface area contributed by atoms with Gasteiger partial charge in [0.1, 0.15) is 5.25 Å². The van der Waals surface area contributed by atoms with Crippen molar-refractivity contribution >= 4 is 9.84 Å². The molecule has 0 aliphatic heterocycles. The summed E-state index contributed by atoms with van der Waals surface area (Å²) in [7, 11) is -3.17. The van der Waals surface area contributed by atoms with Gasteiger partial charge in [-0.15, -0.1) is 5.10 Å². The van der Waals surface area contributed by atoms with Gasteiger partial charge in [0, 0.05) is 12.8 Å². The average Bonchev–Trinajstić information content (AvgIpc) is 2.50. The van der Waals surface area contributed by atoms with Crippen LogP contribution in [0.1, 0.15) is 18.0 Å². The lowest BCUT2D eigenvalue weighted by atomic mass is 10.4. The van der Waals surface area contributed by atoms with E-state index >= 15 is 0 Å². The molecule has 0 amide bonds. The Morgan fingerprint density at radius 3 is 2.71 bits per heavy atom. The first-order valence-electron chi connectivity index (χ1n) is 4.11. The summed E-state index contributed by atoms with van der Waals surface area (Å²) in [5, 5.41) is 10.0. The van der Waals surface area contributed by atoms with E-state index in [2.05, 4.69) is 15.5 Å². The van der Waals surface area contributed by atoms with Gasteiger partial charge in [0.05, 0.1) is 6.54 Å². The maximum atomic E-state index is 11.2. The van der Waals surface area contributed by atoms with Crippen LogP contribution in [0.25, 0.3) is 0 Å². The minimum Gasteiger partial charge on any atom is -0.329 e. The van der Waals surface area contributed by atoms with Crippen molar-refractivity contribution in [2.75, 3.05) is 12.8 Å². The molecule has 1 aromatic heterocycles. The van der Waals surface area contributed by atoms with Crippen LogP contribution >= 0.6 is 0 Å². The molecule has 1 aromatic rings. The Kier molecular flexibility index (Phi) is 3.17. The van der Waals surface area contributed by atoms with Crippen molar-refractivity contribution in [2.45, 2.75) is 18.7 Å². The first-order valence-corrected chi connectivity index (χ1v) is 6.07. The van der Waals surface area contributed by atoms with E-state index in [1.165, 1.54) is 4.68 Å². The minimum atomic E-state index is -3.17. The van der Waals surface area contributed by atoms with E-state index in [0.29, 0.717) is 18.9 Å². The van der Waals surface area contributed by atoms with Gasteiger partial charge in [0.15, 0.2) is 15.7 Å². The zero-order valence-corrected chi connectivity index (χ0v) is 8.90. The Morgan fingerprint density at radius 2 is 2.21 bits per heavy atom. The second kappa shape index (κ2) is 4.01. The quantitative estimate of drug-likeness (QED) is 0.677. The Hall–Kier alpha value is -1.02. The van der Waals surface area contributed by atoms with Gasteiger partial charge in [-0.3, -0.25) is 0 Å². The van der Waals surface area contributed by atoms with Crippen LogP contribution in [0, 0.1) is 0 Å². The number of nitrogens with two attached hydrogens (primary N) is 1. The van der Waals surface area contributed by atoms with Gasteiger partial charge in [-0.05, 0) is 17.4 Å². The van der Waals surface area contributed by atoms with Crippen LogP contribution in [-0.4, -0.2) is 41.4 Å². The van der Waals surface area contributed by atoms with Crippen LogP contribution in [0.3, 0.4) is 0 Å². The van der Waals surface area contributed by atoms with Crippen molar-refractivity contribution < 1.29 is 8.42 Å². The molecule has 2 N–H and O–H groups in total. The third kappa shape index (κ3) is 2.26. The van der Waals surface area contributed by atoms with Crippen LogP contribution in [-0.2, 0) is 16.4 Å². The summed E-state index contributed by atoms with van der Waals surface area (Å²) < 4.78 is 23.9. The first-order chi connectivity index (χ1) is 6.46. The maximum Gasteiger partial charge on any atom is 0.169 e. The molecule has 0 aromatic carbocycles. The van der Waals surface area contributed by atoms with Crippen molar-refractivity contribution in [3.05, 3.63) is 5.82 Å². The topological polar surface area (TPSA) is 104 Å². The van der Waals surface area contributed by atoms with Gasteiger partial charge in [-0.1, -0.05) is 0 Å². The SMILES string of the molecule is CC(c1nnnn1CCN)S(C)(=O)=O. The lowest BCUT2D eigenvalue weighted by molar-refractivity contribution is 0.555. The molecule has 0 saturated heterocycles. The van der Waals surface area contributed by atoms with E-state index in [1.54, 1.807) is 6.92 Å². The van der Waals surface area contributed by atoms with E-state index < -0.39 is 15.1 Å². The maximum absolute atomic E-state index is 11.2. The molecule has 80 valence electrons. The third-order valence-corrected chi connectivity index (χ3v) is 3.40. The second-order valence-electron chi connectivity index (χ2n) is 3.02. The van der Waals surface area contributed by atoms with E-state index in [0.717, 1.165) is 6.26 Å². The molecular weight excluding hydrogens is 206 g/mol. The fraction of sp³-hybridized carbons (Fsp3) is 0.833. The summed E-state index contributed by atoms with van der Waals surface area (Å²) in [6, 6.07) is 0. The predicted molar refractivity (Wildman–Crippen MR) is 50.1 cm³/mol. The highest BCUT2D eigenvalue weighted by Crippen LogP contribution is 2.16. The highest BCUT2D eigenvalue weighted by Gasteiger charge is 2.23. The van der Waals surface area contributed by atoms with E-state index in [4.69, 9.17) is 5.73 Å². The van der Waals surface area contributed by atoms with Gasteiger partial charge >= 0.3 is 0 Å². The summed E-state index contributed by atoms with van der Waals surface area (Å²) in [5.74, 6) is 0.331. The number of hydrogen-bond acceptors (Lipinski definition) is 6.